The second-order valence-electron chi connectivity index (χ2n) is 3.01. The summed E-state index contributed by atoms with van der Waals surface area (Å²) in [6.45, 7) is 9.17. The van der Waals surface area contributed by atoms with Crippen molar-refractivity contribution >= 4 is 5.78 Å². The van der Waals surface area contributed by atoms with Gasteiger partial charge in [0.05, 0.1) is 0 Å². The minimum absolute atomic E-state index is 0.0113. The van der Waals surface area contributed by atoms with E-state index in [-0.39, 0.29) is 11.5 Å². The first-order valence-electron chi connectivity index (χ1n) is 4.83. The Bertz CT molecular complexity index is 327. The molecule has 2 nitrogen and oxygen atoms in total. The summed E-state index contributed by atoms with van der Waals surface area (Å²) in [5, 5.41) is 9.32. The second-order valence-corrected chi connectivity index (χ2v) is 3.01. The molecule has 1 aromatic rings. The van der Waals surface area contributed by atoms with Crippen LogP contribution in [0.2, 0.25) is 0 Å². The van der Waals surface area contributed by atoms with Crippen molar-refractivity contribution in [1.82, 2.24) is 0 Å². The standard InChI is InChI=1S/C10H12O2.C2H6/c1-6-4-7(2)10(12)5-9(6)8(3)11;1-2/h4-5,12H,1-3H3;1-2H3. The Labute approximate surface area is 85.6 Å². The van der Waals surface area contributed by atoms with E-state index in [2.05, 4.69) is 0 Å². The first-order chi connectivity index (χ1) is 6.52. The molecule has 0 radical (unpaired) electrons. The predicted octanol–water partition coefficient (Wildman–Crippen LogP) is 3.24. The molecule has 0 saturated heterocycles. The van der Waals surface area contributed by atoms with E-state index in [1.807, 2.05) is 33.8 Å². The van der Waals surface area contributed by atoms with Gasteiger partial charge >= 0.3 is 0 Å². The van der Waals surface area contributed by atoms with E-state index in [4.69, 9.17) is 0 Å². The Balaban J connectivity index is 0.000000791. The van der Waals surface area contributed by atoms with Gasteiger partial charge in [0.1, 0.15) is 5.75 Å². The van der Waals surface area contributed by atoms with Gasteiger partial charge in [0, 0.05) is 5.56 Å². The number of hydrogen-bond acceptors (Lipinski definition) is 2. The molecular weight excluding hydrogens is 176 g/mol. The van der Waals surface area contributed by atoms with E-state index < -0.39 is 0 Å². The summed E-state index contributed by atoms with van der Waals surface area (Å²) >= 11 is 0. The molecule has 0 aromatic heterocycles. The third-order valence-electron chi connectivity index (χ3n) is 1.92. The molecule has 0 amide bonds. The van der Waals surface area contributed by atoms with Gasteiger partial charge in [-0.2, -0.15) is 0 Å². The molecule has 0 saturated carbocycles. The lowest BCUT2D eigenvalue weighted by Gasteiger charge is -2.04. The van der Waals surface area contributed by atoms with Crippen LogP contribution < -0.4 is 0 Å². The van der Waals surface area contributed by atoms with Crippen molar-refractivity contribution in [2.45, 2.75) is 34.6 Å². The lowest BCUT2D eigenvalue weighted by molar-refractivity contribution is 0.101. The van der Waals surface area contributed by atoms with Gasteiger partial charge in [0.15, 0.2) is 5.78 Å². The van der Waals surface area contributed by atoms with E-state index in [0.29, 0.717) is 5.56 Å². The van der Waals surface area contributed by atoms with E-state index in [1.165, 1.54) is 13.0 Å². The summed E-state index contributed by atoms with van der Waals surface area (Å²) in [6, 6.07) is 3.33. The first-order valence-corrected chi connectivity index (χ1v) is 4.83. The van der Waals surface area contributed by atoms with Crippen LogP contribution in [0.1, 0.15) is 42.3 Å². The van der Waals surface area contributed by atoms with Crippen molar-refractivity contribution in [1.29, 1.82) is 0 Å². The second kappa shape index (κ2) is 5.43. The van der Waals surface area contributed by atoms with Crippen molar-refractivity contribution in [3.8, 4) is 5.75 Å². The normalized spacial score (nSPS) is 8.93. The average Bonchev–Trinajstić information content (AvgIpc) is 2.14. The highest BCUT2D eigenvalue weighted by Crippen LogP contribution is 2.21. The third kappa shape index (κ3) is 2.87. The van der Waals surface area contributed by atoms with E-state index >= 15 is 0 Å². The molecule has 0 aliphatic rings. The summed E-state index contributed by atoms with van der Waals surface area (Å²) in [6.07, 6.45) is 0. The molecule has 0 aliphatic heterocycles. The molecule has 1 rings (SSSR count). The minimum Gasteiger partial charge on any atom is -0.508 e. The summed E-state index contributed by atoms with van der Waals surface area (Å²) in [5.74, 6) is 0.175. The van der Waals surface area contributed by atoms with Crippen LogP contribution in [-0.4, -0.2) is 10.9 Å². The maximum Gasteiger partial charge on any atom is 0.160 e. The molecule has 0 unspecified atom stereocenters. The molecule has 0 heterocycles. The number of Topliss-reactive ketones (excluding diaryl/α,β-unsaturated/α-hetero) is 1. The van der Waals surface area contributed by atoms with Crippen molar-refractivity contribution < 1.29 is 9.90 Å². The van der Waals surface area contributed by atoms with E-state index in [0.717, 1.165) is 11.1 Å². The van der Waals surface area contributed by atoms with Gasteiger partial charge in [0.2, 0.25) is 0 Å². The molecule has 0 bridgehead atoms. The lowest BCUT2D eigenvalue weighted by Crippen LogP contribution is -1.96. The molecule has 0 aliphatic carbocycles. The van der Waals surface area contributed by atoms with Crippen molar-refractivity contribution in [2.75, 3.05) is 0 Å². The zero-order chi connectivity index (χ0) is 11.3. The van der Waals surface area contributed by atoms with Crippen molar-refractivity contribution in [2.24, 2.45) is 0 Å². The Morgan fingerprint density at radius 2 is 1.64 bits per heavy atom. The largest absolute Gasteiger partial charge is 0.508 e. The zero-order valence-corrected chi connectivity index (χ0v) is 9.51. The third-order valence-corrected chi connectivity index (χ3v) is 1.92. The molecular formula is C12H18O2. The van der Waals surface area contributed by atoms with E-state index in [9.17, 15) is 9.90 Å². The quantitative estimate of drug-likeness (QED) is 0.697. The monoisotopic (exact) mass is 194 g/mol. The van der Waals surface area contributed by atoms with Crippen LogP contribution in [0.3, 0.4) is 0 Å². The van der Waals surface area contributed by atoms with Gasteiger partial charge in [-0.15, -0.1) is 0 Å². The lowest BCUT2D eigenvalue weighted by atomic mass is 10.0. The Morgan fingerprint density at radius 3 is 2.07 bits per heavy atom. The number of ketones is 1. The van der Waals surface area contributed by atoms with Gasteiger partial charge < -0.3 is 5.11 Å². The van der Waals surface area contributed by atoms with E-state index in [1.54, 1.807) is 0 Å². The highest BCUT2D eigenvalue weighted by Gasteiger charge is 2.06. The number of benzene rings is 1. The topological polar surface area (TPSA) is 37.3 Å². The Hall–Kier alpha value is -1.31. The van der Waals surface area contributed by atoms with Crippen LogP contribution in [0.5, 0.6) is 5.75 Å². The van der Waals surface area contributed by atoms with Gasteiger partial charge in [-0.25, -0.2) is 0 Å². The van der Waals surface area contributed by atoms with Crippen LogP contribution in [0.4, 0.5) is 0 Å². The number of hydrogen-bond donors (Lipinski definition) is 1. The first kappa shape index (κ1) is 12.7. The molecule has 0 fully saturated rings. The fourth-order valence-electron chi connectivity index (χ4n) is 1.22. The van der Waals surface area contributed by atoms with Crippen molar-refractivity contribution in [3.05, 3.63) is 28.8 Å². The highest BCUT2D eigenvalue weighted by molar-refractivity contribution is 5.96. The summed E-state index contributed by atoms with van der Waals surface area (Å²) in [5.41, 5.74) is 2.31. The van der Waals surface area contributed by atoms with Crippen LogP contribution in [0.15, 0.2) is 12.1 Å². The van der Waals surface area contributed by atoms with Gasteiger partial charge in [0.25, 0.3) is 0 Å². The number of aromatic hydroxyl groups is 1. The number of phenols is 1. The SMILES string of the molecule is CC.CC(=O)c1cc(O)c(C)cc1C. The average molecular weight is 194 g/mol. The van der Waals surface area contributed by atoms with Gasteiger partial charge in [-0.3, -0.25) is 4.79 Å². The van der Waals surface area contributed by atoms with Crippen LogP contribution in [-0.2, 0) is 0 Å². The zero-order valence-electron chi connectivity index (χ0n) is 9.51. The maximum atomic E-state index is 11.0. The minimum atomic E-state index is -0.0113. The Morgan fingerprint density at radius 1 is 1.14 bits per heavy atom. The highest BCUT2D eigenvalue weighted by atomic mass is 16.3. The summed E-state index contributed by atoms with van der Waals surface area (Å²) in [4.78, 5) is 11.0. The number of carbonyl (C=O) groups is 1. The number of rotatable bonds is 1. The smallest absolute Gasteiger partial charge is 0.160 e. The number of aryl methyl sites for hydroxylation is 2. The van der Waals surface area contributed by atoms with Crippen molar-refractivity contribution in [3.63, 3.8) is 0 Å². The molecule has 2 heteroatoms. The van der Waals surface area contributed by atoms with Gasteiger partial charge in [-0.1, -0.05) is 19.9 Å². The number of phenolic OH excluding ortho intramolecular Hbond substituents is 1. The molecule has 0 spiro atoms. The molecule has 78 valence electrons. The maximum absolute atomic E-state index is 11.0. The van der Waals surface area contributed by atoms with Crippen LogP contribution in [0.25, 0.3) is 0 Å². The molecule has 1 N–H and O–H groups in total. The number of carbonyl (C=O) groups excluding carboxylic acids is 1. The fraction of sp³-hybridized carbons (Fsp3) is 0.417. The van der Waals surface area contributed by atoms with Crippen LogP contribution >= 0.6 is 0 Å². The summed E-state index contributed by atoms with van der Waals surface area (Å²) in [7, 11) is 0. The Kier molecular flexibility index (Phi) is 4.92. The molecule has 14 heavy (non-hydrogen) atoms. The van der Waals surface area contributed by atoms with Crippen LogP contribution in [0, 0.1) is 13.8 Å². The molecule has 1 aromatic carbocycles. The summed E-state index contributed by atoms with van der Waals surface area (Å²) < 4.78 is 0. The predicted molar refractivity (Wildman–Crippen MR) is 58.9 cm³/mol. The molecule has 0 atom stereocenters. The fourth-order valence-corrected chi connectivity index (χ4v) is 1.22. The van der Waals surface area contributed by atoms with Gasteiger partial charge in [-0.05, 0) is 38.0 Å².